The first-order valence-electron chi connectivity index (χ1n) is 9.42. The maximum Gasteiger partial charge on any atom is 0.375 e. The number of benzene rings is 2. The maximum absolute atomic E-state index is 13.4. The van der Waals surface area contributed by atoms with Crippen LogP contribution in [-0.2, 0) is 11.2 Å². The third kappa shape index (κ3) is 3.46. The molecule has 1 N–H and O–H groups in total. The van der Waals surface area contributed by atoms with Gasteiger partial charge in [-0.05, 0) is 25.0 Å². The first-order valence-corrected chi connectivity index (χ1v) is 10.2. The molecule has 2 heterocycles. The number of nitrogens with zero attached hydrogens (tertiary/aromatic N) is 2. The van der Waals surface area contributed by atoms with E-state index >= 15 is 0 Å². The van der Waals surface area contributed by atoms with Crippen molar-refractivity contribution in [2.45, 2.75) is 20.3 Å². The summed E-state index contributed by atoms with van der Waals surface area (Å²) >= 11 is 1.19. The van der Waals surface area contributed by atoms with Crippen LogP contribution in [0.1, 0.15) is 30.0 Å². The molecule has 0 saturated carbocycles. The second kappa shape index (κ2) is 8.08. The topological polar surface area (TPSA) is 103 Å². The first-order chi connectivity index (χ1) is 14.5. The van der Waals surface area contributed by atoms with E-state index in [-0.39, 0.29) is 39.7 Å². The highest BCUT2D eigenvalue weighted by molar-refractivity contribution is 7.18. The van der Waals surface area contributed by atoms with Gasteiger partial charge in [0.2, 0.25) is 11.2 Å². The van der Waals surface area contributed by atoms with Crippen LogP contribution in [0.4, 0.5) is 0 Å². The van der Waals surface area contributed by atoms with Crippen molar-refractivity contribution in [2.24, 2.45) is 0 Å². The van der Waals surface area contributed by atoms with E-state index in [0.29, 0.717) is 17.0 Å². The van der Waals surface area contributed by atoms with Crippen molar-refractivity contribution in [3.63, 3.8) is 0 Å². The molecule has 4 aromatic rings. The van der Waals surface area contributed by atoms with Gasteiger partial charge in [0, 0.05) is 11.6 Å². The quantitative estimate of drug-likeness (QED) is 0.475. The highest BCUT2D eigenvalue weighted by Gasteiger charge is 2.26. The Hall–Kier alpha value is -3.52. The minimum Gasteiger partial charge on any atom is -0.508 e. The van der Waals surface area contributed by atoms with Gasteiger partial charge in [-0.25, -0.2) is 4.79 Å². The lowest BCUT2D eigenvalue weighted by atomic mass is 10.1. The van der Waals surface area contributed by atoms with Gasteiger partial charge in [-0.1, -0.05) is 48.6 Å². The van der Waals surface area contributed by atoms with Crippen molar-refractivity contribution < 1.29 is 19.1 Å². The van der Waals surface area contributed by atoms with Crippen molar-refractivity contribution in [3.05, 3.63) is 64.0 Å². The van der Waals surface area contributed by atoms with Crippen LogP contribution in [0.3, 0.4) is 0 Å². The van der Waals surface area contributed by atoms with E-state index < -0.39 is 11.4 Å². The smallest absolute Gasteiger partial charge is 0.375 e. The molecule has 0 spiro atoms. The summed E-state index contributed by atoms with van der Waals surface area (Å²) in [5, 5.41) is 19.6. The number of rotatable bonds is 5. The largest absolute Gasteiger partial charge is 0.508 e. The van der Waals surface area contributed by atoms with E-state index in [4.69, 9.17) is 9.15 Å². The summed E-state index contributed by atoms with van der Waals surface area (Å²) in [6.07, 6.45) is 0.535. The van der Waals surface area contributed by atoms with E-state index in [1.54, 1.807) is 13.0 Å². The zero-order valence-corrected chi connectivity index (χ0v) is 17.2. The van der Waals surface area contributed by atoms with Crippen LogP contribution in [0.15, 0.2) is 51.7 Å². The Morgan fingerprint density at radius 2 is 1.87 bits per heavy atom. The molecule has 0 atom stereocenters. The average molecular weight is 422 g/mol. The number of aromatic hydroxyl groups is 1. The van der Waals surface area contributed by atoms with E-state index in [1.807, 2.05) is 37.3 Å². The lowest BCUT2D eigenvalue weighted by Gasteiger charge is -2.09. The van der Waals surface area contributed by atoms with Crippen molar-refractivity contribution in [3.8, 4) is 26.9 Å². The van der Waals surface area contributed by atoms with Gasteiger partial charge in [0.25, 0.3) is 0 Å². The number of phenols is 1. The Balaban J connectivity index is 1.97. The number of aryl methyl sites for hydroxylation is 1. The monoisotopic (exact) mass is 422 g/mol. The van der Waals surface area contributed by atoms with Crippen LogP contribution in [0, 0.1) is 0 Å². The Labute approximate surface area is 175 Å². The molecule has 0 bridgehead atoms. The van der Waals surface area contributed by atoms with Crippen LogP contribution >= 0.6 is 11.3 Å². The highest BCUT2D eigenvalue weighted by atomic mass is 32.1. The van der Waals surface area contributed by atoms with E-state index in [0.717, 1.165) is 5.56 Å². The number of carbonyl (C=O) groups excluding carboxylic acids is 1. The Bertz CT molecular complexity index is 1290. The zero-order chi connectivity index (χ0) is 21.3. The van der Waals surface area contributed by atoms with Crippen molar-refractivity contribution in [1.29, 1.82) is 0 Å². The van der Waals surface area contributed by atoms with E-state index in [2.05, 4.69) is 10.2 Å². The molecular formula is C22H18N2O5S. The number of hydrogen-bond acceptors (Lipinski definition) is 8. The average Bonchev–Trinajstić information content (AvgIpc) is 3.23. The summed E-state index contributed by atoms with van der Waals surface area (Å²) in [5.74, 6) is -1.03. The van der Waals surface area contributed by atoms with Gasteiger partial charge in [0.05, 0.1) is 12.0 Å². The van der Waals surface area contributed by atoms with Gasteiger partial charge in [0.15, 0.2) is 5.01 Å². The molecule has 2 aromatic heterocycles. The molecule has 152 valence electrons. The molecule has 0 saturated heterocycles. The number of ether oxygens (including phenoxy) is 1. The van der Waals surface area contributed by atoms with Crippen LogP contribution in [0.25, 0.3) is 32.1 Å². The normalized spacial score (nSPS) is 11.0. The van der Waals surface area contributed by atoms with E-state index in [1.165, 1.54) is 17.4 Å². The van der Waals surface area contributed by atoms with Crippen LogP contribution in [0.5, 0.6) is 5.75 Å². The molecule has 0 amide bonds. The maximum atomic E-state index is 13.4. The molecule has 7 nitrogen and oxygen atoms in total. The van der Waals surface area contributed by atoms with Crippen molar-refractivity contribution >= 4 is 28.3 Å². The summed E-state index contributed by atoms with van der Waals surface area (Å²) in [4.78, 5) is 25.9. The minimum absolute atomic E-state index is 0.00186. The second-order valence-electron chi connectivity index (χ2n) is 6.46. The molecular weight excluding hydrogens is 404 g/mol. The molecule has 0 radical (unpaired) electrons. The van der Waals surface area contributed by atoms with Gasteiger partial charge in [-0.15, -0.1) is 10.2 Å². The van der Waals surface area contributed by atoms with Crippen molar-refractivity contribution in [2.75, 3.05) is 6.61 Å². The number of esters is 1. The summed E-state index contributed by atoms with van der Waals surface area (Å²) in [5.41, 5.74) is 1.14. The number of carbonyl (C=O) groups is 1. The third-order valence-electron chi connectivity index (χ3n) is 4.59. The third-order valence-corrected chi connectivity index (χ3v) is 5.58. The van der Waals surface area contributed by atoms with Crippen LogP contribution in [0.2, 0.25) is 0 Å². The summed E-state index contributed by atoms with van der Waals surface area (Å²) in [6.45, 7) is 3.65. The molecule has 0 unspecified atom stereocenters. The molecule has 4 rings (SSSR count). The van der Waals surface area contributed by atoms with Gasteiger partial charge in [-0.2, -0.15) is 0 Å². The Kier molecular flexibility index (Phi) is 5.33. The molecule has 2 aromatic carbocycles. The van der Waals surface area contributed by atoms with Crippen molar-refractivity contribution in [1.82, 2.24) is 10.2 Å². The molecule has 30 heavy (non-hydrogen) atoms. The fraction of sp³-hybridized carbons (Fsp3) is 0.182. The molecule has 0 aliphatic carbocycles. The minimum atomic E-state index is -0.776. The van der Waals surface area contributed by atoms with Gasteiger partial charge in [0.1, 0.15) is 21.9 Å². The number of phenolic OH excluding ortho intramolecular Hbond substituents is 1. The Morgan fingerprint density at radius 3 is 2.57 bits per heavy atom. The summed E-state index contributed by atoms with van der Waals surface area (Å²) < 4.78 is 10.8. The fourth-order valence-electron chi connectivity index (χ4n) is 3.11. The summed E-state index contributed by atoms with van der Waals surface area (Å²) in [7, 11) is 0. The van der Waals surface area contributed by atoms with Crippen LogP contribution in [-0.4, -0.2) is 27.9 Å². The second-order valence-corrected chi connectivity index (χ2v) is 7.44. The highest BCUT2D eigenvalue weighted by Crippen LogP contribution is 2.33. The number of fused-ring (bicyclic) bond motifs is 1. The lowest BCUT2D eigenvalue weighted by molar-refractivity contribution is 0.0492. The molecule has 0 aliphatic rings. The van der Waals surface area contributed by atoms with Gasteiger partial charge >= 0.3 is 5.97 Å². The number of aromatic nitrogens is 2. The Morgan fingerprint density at radius 1 is 1.13 bits per heavy atom. The molecule has 8 heteroatoms. The predicted octanol–water partition coefficient (Wildman–Crippen LogP) is 4.42. The molecule has 0 aliphatic heterocycles. The first kappa shape index (κ1) is 19.8. The standard InChI is InChI=1S/C22H18N2O5S/c1-3-12-10-14-16(11-15(12)25)29-19(22(27)28-4-2)17(18(14)26)21-24-23-20(30-21)13-8-6-5-7-9-13/h5-11,25H,3-4H2,1-2H3. The number of hydrogen-bond donors (Lipinski definition) is 1. The predicted molar refractivity (Wildman–Crippen MR) is 114 cm³/mol. The fourth-order valence-corrected chi connectivity index (χ4v) is 4.00. The van der Waals surface area contributed by atoms with Gasteiger partial charge in [-0.3, -0.25) is 4.79 Å². The zero-order valence-electron chi connectivity index (χ0n) is 16.3. The van der Waals surface area contributed by atoms with Gasteiger partial charge < -0.3 is 14.3 Å². The molecule has 0 fully saturated rings. The van der Waals surface area contributed by atoms with Crippen LogP contribution < -0.4 is 5.43 Å². The SMILES string of the molecule is CCOC(=O)c1oc2cc(O)c(CC)cc2c(=O)c1-c1nnc(-c2ccccc2)s1. The summed E-state index contributed by atoms with van der Waals surface area (Å²) in [6, 6.07) is 12.3. The lowest BCUT2D eigenvalue weighted by Crippen LogP contribution is -2.15. The van der Waals surface area contributed by atoms with E-state index in [9.17, 15) is 14.7 Å².